The van der Waals surface area contributed by atoms with Gasteiger partial charge in [0.25, 0.3) is 5.91 Å². The third-order valence-electron chi connectivity index (χ3n) is 5.59. The predicted octanol–water partition coefficient (Wildman–Crippen LogP) is 4.98. The largest absolute Gasteiger partial charge is 0.467 e. The Morgan fingerprint density at radius 3 is 2.59 bits per heavy atom. The fraction of sp³-hybridized carbons (Fsp3) is 0.208. The third kappa shape index (κ3) is 4.36. The predicted molar refractivity (Wildman–Crippen MR) is 130 cm³/mol. The summed E-state index contributed by atoms with van der Waals surface area (Å²) < 4.78 is 7.52. The number of hydrogen-bond acceptors (Lipinski definition) is 7. The van der Waals surface area contributed by atoms with Crippen LogP contribution in [0, 0.1) is 0 Å². The Morgan fingerprint density at radius 2 is 1.88 bits per heavy atom. The van der Waals surface area contributed by atoms with E-state index < -0.39 is 5.25 Å². The minimum Gasteiger partial charge on any atom is -0.467 e. The first kappa shape index (κ1) is 22.4. The van der Waals surface area contributed by atoms with Crippen molar-refractivity contribution >= 4 is 35.0 Å². The van der Waals surface area contributed by atoms with E-state index in [1.54, 1.807) is 18.7 Å². The number of furan rings is 1. The summed E-state index contributed by atoms with van der Waals surface area (Å²) in [6.07, 6.45) is 5.58. The number of aromatic nitrogens is 4. The van der Waals surface area contributed by atoms with E-state index in [1.165, 1.54) is 16.8 Å². The second-order valence-electron chi connectivity index (χ2n) is 7.83. The second kappa shape index (κ2) is 9.44. The van der Waals surface area contributed by atoms with E-state index in [-0.39, 0.29) is 11.9 Å². The highest BCUT2D eigenvalue weighted by atomic mass is 35.5. The van der Waals surface area contributed by atoms with Gasteiger partial charge in [0.15, 0.2) is 11.0 Å². The molecule has 1 aliphatic heterocycles. The lowest BCUT2D eigenvalue weighted by atomic mass is 10.0. The molecule has 4 aromatic rings. The molecule has 2 atom stereocenters. The molecule has 0 bridgehead atoms. The molecule has 1 amide bonds. The lowest BCUT2D eigenvalue weighted by Gasteiger charge is -2.22. The summed E-state index contributed by atoms with van der Waals surface area (Å²) in [4.78, 5) is 17.6. The molecule has 0 spiro atoms. The number of pyridine rings is 1. The SMILES string of the molecule is C[C@@H](Sc1nnc(-c2ccncc2)n1C)C(=O)N1N=C(c2ccc(Cl)cc2)C[C@@H]1c1ccco1. The number of hydrogen-bond donors (Lipinski definition) is 0. The van der Waals surface area contributed by atoms with Gasteiger partial charge in [-0.05, 0) is 48.9 Å². The van der Waals surface area contributed by atoms with Gasteiger partial charge in [-0.3, -0.25) is 9.78 Å². The molecular formula is C24H21ClN6O2S. The summed E-state index contributed by atoms with van der Waals surface area (Å²) in [5.41, 5.74) is 2.64. The first-order chi connectivity index (χ1) is 16.5. The molecule has 34 heavy (non-hydrogen) atoms. The van der Waals surface area contributed by atoms with Crippen molar-refractivity contribution in [1.82, 2.24) is 24.8 Å². The topological polar surface area (TPSA) is 89.4 Å². The Labute approximate surface area is 205 Å². The molecule has 1 aromatic carbocycles. The molecule has 1 aliphatic rings. The average molecular weight is 493 g/mol. The van der Waals surface area contributed by atoms with Crippen LogP contribution in [0.5, 0.6) is 0 Å². The van der Waals surface area contributed by atoms with Gasteiger partial charge < -0.3 is 8.98 Å². The highest BCUT2D eigenvalue weighted by molar-refractivity contribution is 8.00. The van der Waals surface area contributed by atoms with Crippen molar-refractivity contribution in [3.8, 4) is 11.4 Å². The first-order valence-electron chi connectivity index (χ1n) is 10.7. The van der Waals surface area contributed by atoms with Crippen molar-refractivity contribution in [2.45, 2.75) is 29.8 Å². The van der Waals surface area contributed by atoms with Crippen molar-refractivity contribution < 1.29 is 9.21 Å². The maximum absolute atomic E-state index is 13.5. The summed E-state index contributed by atoms with van der Waals surface area (Å²) in [5, 5.41) is 15.7. The molecule has 8 nitrogen and oxygen atoms in total. The molecule has 3 aromatic heterocycles. The van der Waals surface area contributed by atoms with Crippen LogP contribution in [0.15, 0.2) is 81.9 Å². The van der Waals surface area contributed by atoms with Crippen molar-refractivity contribution in [3.63, 3.8) is 0 Å². The van der Waals surface area contributed by atoms with Gasteiger partial charge in [0.2, 0.25) is 0 Å². The lowest BCUT2D eigenvalue weighted by molar-refractivity contribution is -0.132. The van der Waals surface area contributed by atoms with E-state index in [4.69, 9.17) is 21.1 Å². The van der Waals surface area contributed by atoms with Gasteiger partial charge in [0.1, 0.15) is 11.8 Å². The van der Waals surface area contributed by atoms with Crippen LogP contribution < -0.4 is 0 Å². The first-order valence-corrected chi connectivity index (χ1v) is 11.9. The Kier molecular flexibility index (Phi) is 6.21. The van der Waals surface area contributed by atoms with Crippen molar-refractivity contribution in [1.29, 1.82) is 0 Å². The van der Waals surface area contributed by atoms with Gasteiger partial charge in [-0.1, -0.05) is 35.5 Å². The van der Waals surface area contributed by atoms with Crippen LogP contribution in [0.3, 0.4) is 0 Å². The van der Waals surface area contributed by atoms with Crippen LogP contribution in [0.1, 0.15) is 30.7 Å². The van der Waals surface area contributed by atoms with Crippen LogP contribution in [-0.2, 0) is 11.8 Å². The van der Waals surface area contributed by atoms with E-state index in [9.17, 15) is 4.79 Å². The number of rotatable bonds is 6. The zero-order chi connectivity index (χ0) is 23.7. The fourth-order valence-electron chi connectivity index (χ4n) is 3.80. The zero-order valence-corrected chi connectivity index (χ0v) is 20.1. The van der Waals surface area contributed by atoms with Gasteiger partial charge >= 0.3 is 0 Å². The van der Waals surface area contributed by atoms with Gasteiger partial charge in [0, 0.05) is 36.4 Å². The number of carbonyl (C=O) groups excluding carboxylic acids is 1. The number of hydrazone groups is 1. The van der Waals surface area contributed by atoms with E-state index >= 15 is 0 Å². The van der Waals surface area contributed by atoms with Crippen LogP contribution in [0.2, 0.25) is 5.02 Å². The molecule has 172 valence electrons. The minimum absolute atomic E-state index is 0.135. The Hall–Kier alpha value is -3.43. The number of benzene rings is 1. The van der Waals surface area contributed by atoms with Crippen LogP contribution in [0.25, 0.3) is 11.4 Å². The van der Waals surface area contributed by atoms with Crippen LogP contribution in [0.4, 0.5) is 0 Å². The molecule has 0 radical (unpaired) electrons. The molecule has 0 aliphatic carbocycles. The Balaban J connectivity index is 1.39. The quantitative estimate of drug-likeness (QED) is 0.352. The van der Waals surface area contributed by atoms with Gasteiger partial charge in [0.05, 0.1) is 17.2 Å². The van der Waals surface area contributed by atoms with Crippen LogP contribution in [-0.4, -0.2) is 41.6 Å². The van der Waals surface area contributed by atoms with E-state index in [1.807, 2.05) is 67.1 Å². The second-order valence-corrected chi connectivity index (χ2v) is 9.58. The molecule has 10 heteroatoms. The van der Waals surface area contributed by atoms with Gasteiger partial charge in [-0.15, -0.1) is 10.2 Å². The summed E-state index contributed by atoms with van der Waals surface area (Å²) in [7, 11) is 1.88. The normalized spacial score (nSPS) is 16.5. The molecule has 0 unspecified atom stereocenters. The molecule has 5 rings (SSSR count). The van der Waals surface area contributed by atoms with Crippen molar-refractivity contribution in [3.05, 3.63) is 83.5 Å². The monoisotopic (exact) mass is 492 g/mol. The van der Waals surface area contributed by atoms with Crippen LogP contribution >= 0.6 is 23.4 Å². The van der Waals surface area contributed by atoms with Crippen molar-refractivity contribution in [2.75, 3.05) is 0 Å². The smallest absolute Gasteiger partial charge is 0.256 e. The molecule has 0 N–H and O–H groups in total. The standard InChI is InChI=1S/C24H21ClN6O2S/c1-15(34-24-28-27-22(30(24)2)17-9-11-26-12-10-17)23(32)31-20(21-4-3-13-33-21)14-19(29-31)16-5-7-18(25)8-6-16/h3-13,15,20H,14H2,1-2H3/t15-,20-/m1/s1. The summed E-state index contributed by atoms with van der Waals surface area (Å²) in [6, 6.07) is 14.6. The van der Waals surface area contributed by atoms with E-state index in [0.29, 0.717) is 28.2 Å². The Bertz CT molecular complexity index is 1320. The number of carbonyl (C=O) groups is 1. The molecule has 0 saturated carbocycles. The third-order valence-corrected chi connectivity index (χ3v) is 6.96. The number of thioether (sulfide) groups is 1. The number of nitrogens with zero attached hydrogens (tertiary/aromatic N) is 6. The number of halogens is 1. The Morgan fingerprint density at radius 1 is 1.12 bits per heavy atom. The fourth-order valence-corrected chi connectivity index (χ4v) is 4.78. The lowest BCUT2D eigenvalue weighted by Crippen LogP contribution is -2.33. The minimum atomic E-state index is -0.445. The maximum Gasteiger partial charge on any atom is 0.256 e. The summed E-state index contributed by atoms with van der Waals surface area (Å²) >= 11 is 7.39. The maximum atomic E-state index is 13.5. The molecule has 0 fully saturated rings. The van der Waals surface area contributed by atoms with E-state index in [2.05, 4.69) is 15.2 Å². The average Bonchev–Trinajstić information content (AvgIpc) is 3.60. The van der Waals surface area contributed by atoms with Gasteiger partial charge in [-0.2, -0.15) is 5.10 Å². The highest BCUT2D eigenvalue weighted by Crippen LogP contribution is 2.36. The summed E-state index contributed by atoms with van der Waals surface area (Å²) in [6.45, 7) is 1.85. The molecule has 0 saturated heterocycles. The molecule has 4 heterocycles. The summed E-state index contributed by atoms with van der Waals surface area (Å²) in [5.74, 6) is 1.27. The van der Waals surface area contributed by atoms with Gasteiger partial charge in [-0.25, -0.2) is 5.01 Å². The highest BCUT2D eigenvalue weighted by Gasteiger charge is 2.37. The zero-order valence-electron chi connectivity index (χ0n) is 18.5. The van der Waals surface area contributed by atoms with E-state index in [0.717, 1.165) is 16.8 Å². The number of amides is 1. The molecular weight excluding hydrogens is 472 g/mol. The van der Waals surface area contributed by atoms with Crippen molar-refractivity contribution in [2.24, 2.45) is 12.1 Å².